The van der Waals surface area contributed by atoms with Crippen molar-refractivity contribution < 1.29 is 13.2 Å². The molecule has 0 bridgehead atoms. The van der Waals surface area contributed by atoms with Crippen LogP contribution in [0.15, 0.2) is 64.4 Å². The molecule has 2 aromatic rings. The average Bonchev–Trinajstić information content (AvgIpc) is 2.78. The van der Waals surface area contributed by atoms with Crippen LogP contribution in [0.3, 0.4) is 0 Å². The second-order valence-electron chi connectivity index (χ2n) is 7.19. The maximum atomic E-state index is 12.6. The highest BCUT2D eigenvalue weighted by atomic mass is 32.2. The van der Waals surface area contributed by atoms with Gasteiger partial charge in [0.2, 0.25) is 15.7 Å². The van der Waals surface area contributed by atoms with Crippen LogP contribution in [0.25, 0.3) is 0 Å². The number of carbonyl (C=O) groups excluding carboxylic acids is 1. The van der Waals surface area contributed by atoms with E-state index in [1.807, 2.05) is 0 Å². The van der Waals surface area contributed by atoms with E-state index < -0.39 is 15.9 Å². The number of hydrogen-bond acceptors (Lipinski definition) is 5. The molecule has 0 spiro atoms. The topological polar surface area (TPSA) is 99.1 Å². The van der Waals surface area contributed by atoms with Gasteiger partial charge in [-0.25, -0.2) is 8.42 Å². The molecular formula is C22H25N3O3S. The molecule has 6 nitrogen and oxygen atoms in total. The minimum absolute atomic E-state index is 0.124. The number of nitrogens with zero attached hydrogens (tertiary/aromatic N) is 1. The van der Waals surface area contributed by atoms with E-state index in [9.17, 15) is 18.5 Å². The van der Waals surface area contributed by atoms with Gasteiger partial charge in [-0.2, -0.15) is 5.26 Å². The maximum Gasteiger partial charge on any atom is 0.238 e. The molecule has 2 aromatic carbocycles. The lowest BCUT2D eigenvalue weighted by Gasteiger charge is -2.23. The van der Waals surface area contributed by atoms with Gasteiger partial charge >= 0.3 is 0 Å². The maximum absolute atomic E-state index is 12.6. The lowest BCUT2D eigenvalue weighted by Crippen LogP contribution is -2.49. The van der Waals surface area contributed by atoms with E-state index in [1.165, 1.54) is 0 Å². The summed E-state index contributed by atoms with van der Waals surface area (Å²) < 4.78 is 25.3. The number of aryl methyl sites for hydroxylation is 1. The molecule has 0 aliphatic carbocycles. The van der Waals surface area contributed by atoms with Gasteiger partial charge in [0.15, 0.2) is 0 Å². The fourth-order valence-electron chi connectivity index (χ4n) is 3.40. The Morgan fingerprint density at radius 2 is 1.79 bits per heavy atom. The van der Waals surface area contributed by atoms with Crippen LogP contribution in [0.1, 0.15) is 31.2 Å². The molecule has 1 aliphatic rings. The fraction of sp³-hybridized carbons (Fsp3) is 0.364. The van der Waals surface area contributed by atoms with Crippen LogP contribution >= 0.6 is 0 Å². The molecule has 1 fully saturated rings. The van der Waals surface area contributed by atoms with Gasteiger partial charge in [-0.05, 0) is 62.1 Å². The number of piperidine rings is 1. The van der Waals surface area contributed by atoms with E-state index >= 15 is 0 Å². The van der Waals surface area contributed by atoms with Crippen LogP contribution in [0.5, 0.6) is 0 Å². The third-order valence-electron chi connectivity index (χ3n) is 5.11. The van der Waals surface area contributed by atoms with Crippen LogP contribution < -0.4 is 10.6 Å². The Kier molecular flexibility index (Phi) is 7.02. The molecule has 29 heavy (non-hydrogen) atoms. The van der Waals surface area contributed by atoms with Crippen molar-refractivity contribution in [1.29, 1.82) is 5.26 Å². The first-order valence-corrected chi connectivity index (χ1v) is 11.3. The Labute approximate surface area is 171 Å². The van der Waals surface area contributed by atoms with Crippen molar-refractivity contribution in [3.63, 3.8) is 0 Å². The fourth-order valence-corrected chi connectivity index (χ4v) is 4.68. The number of benzene rings is 2. The molecule has 1 saturated heterocycles. The van der Waals surface area contributed by atoms with Gasteiger partial charge in [0.25, 0.3) is 0 Å². The summed E-state index contributed by atoms with van der Waals surface area (Å²) >= 11 is 0. The van der Waals surface area contributed by atoms with E-state index in [2.05, 4.69) is 16.7 Å². The van der Waals surface area contributed by atoms with Gasteiger partial charge in [0.05, 0.1) is 21.9 Å². The Bertz CT molecular complexity index is 961. The van der Waals surface area contributed by atoms with E-state index in [0.717, 1.165) is 31.4 Å². The zero-order valence-electron chi connectivity index (χ0n) is 16.2. The molecular weight excluding hydrogens is 386 g/mol. The number of amides is 1. The van der Waals surface area contributed by atoms with Crippen molar-refractivity contribution in [2.45, 2.75) is 54.0 Å². The highest BCUT2D eigenvalue weighted by Crippen LogP contribution is 2.21. The third kappa shape index (κ3) is 5.43. The van der Waals surface area contributed by atoms with E-state index in [-0.39, 0.29) is 21.7 Å². The minimum atomic E-state index is -3.54. The molecule has 0 saturated carbocycles. The predicted molar refractivity (Wildman–Crippen MR) is 110 cm³/mol. The first-order valence-electron chi connectivity index (χ1n) is 9.83. The normalized spacial score (nSPS) is 17.8. The van der Waals surface area contributed by atoms with Gasteiger partial charge in [-0.1, -0.05) is 36.8 Å². The standard InChI is InChI=1S/C22H25N3O3S/c23-16-18(25-22(26)21-8-4-5-15-24-21)12-9-17-10-13-20(14-11-17)29(27,28)19-6-2-1-3-7-19/h1-3,6-7,10-11,13-14,18,21,24H,4-5,8-9,12,15H2,(H,25,26)/t18-,21-/m0/s1. The SMILES string of the molecule is N#C[C@H](CCc1ccc(S(=O)(=O)c2ccccc2)cc1)NC(=O)[C@@H]1CCCCN1. The first kappa shape index (κ1) is 21.0. The summed E-state index contributed by atoms with van der Waals surface area (Å²) in [5, 5.41) is 15.3. The summed E-state index contributed by atoms with van der Waals surface area (Å²) in [5.74, 6) is -0.124. The molecule has 1 amide bonds. The number of hydrogen-bond donors (Lipinski definition) is 2. The van der Waals surface area contributed by atoms with Crippen LogP contribution in [0.2, 0.25) is 0 Å². The second kappa shape index (κ2) is 9.68. The Hall–Kier alpha value is -2.69. The van der Waals surface area contributed by atoms with Crippen molar-refractivity contribution in [2.75, 3.05) is 6.54 Å². The predicted octanol–water partition coefficient (Wildman–Crippen LogP) is 2.60. The molecule has 1 heterocycles. The molecule has 0 radical (unpaired) electrons. The Morgan fingerprint density at radius 3 is 2.41 bits per heavy atom. The summed E-state index contributed by atoms with van der Waals surface area (Å²) in [7, 11) is -3.54. The van der Waals surface area contributed by atoms with Crippen molar-refractivity contribution in [1.82, 2.24) is 10.6 Å². The zero-order chi connectivity index (χ0) is 20.7. The quantitative estimate of drug-likeness (QED) is 0.730. The van der Waals surface area contributed by atoms with Gasteiger partial charge in [-0.15, -0.1) is 0 Å². The van der Waals surface area contributed by atoms with Crippen molar-refractivity contribution in [3.8, 4) is 6.07 Å². The van der Waals surface area contributed by atoms with Crippen LogP contribution in [-0.2, 0) is 21.1 Å². The summed E-state index contributed by atoms with van der Waals surface area (Å²) in [6.07, 6.45) is 3.92. The van der Waals surface area contributed by atoms with Crippen molar-refractivity contribution in [3.05, 3.63) is 60.2 Å². The summed E-state index contributed by atoms with van der Waals surface area (Å²) in [4.78, 5) is 12.8. The molecule has 0 unspecified atom stereocenters. The molecule has 3 rings (SSSR count). The smallest absolute Gasteiger partial charge is 0.238 e. The van der Waals surface area contributed by atoms with Crippen LogP contribution in [0, 0.1) is 11.3 Å². The summed E-state index contributed by atoms with van der Waals surface area (Å²) in [6.45, 7) is 0.827. The van der Waals surface area contributed by atoms with E-state index in [0.29, 0.717) is 12.8 Å². The van der Waals surface area contributed by atoms with Gasteiger partial charge < -0.3 is 10.6 Å². The monoisotopic (exact) mass is 411 g/mol. The highest BCUT2D eigenvalue weighted by Gasteiger charge is 2.23. The van der Waals surface area contributed by atoms with Crippen molar-refractivity contribution in [2.24, 2.45) is 0 Å². The van der Waals surface area contributed by atoms with E-state index in [1.54, 1.807) is 54.6 Å². The molecule has 0 aromatic heterocycles. The number of rotatable bonds is 7. The largest absolute Gasteiger partial charge is 0.339 e. The molecule has 7 heteroatoms. The summed E-state index contributed by atoms with van der Waals surface area (Å²) in [5.41, 5.74) is 0.919. The molecule has 152 valence electrons. The van der Waals surface area contributed by atoms with Gasteiger partial charge in [0.1, 0.15) is 6.04 Å². The van der Waals surface area contributed by atoms with Crippen molar-refractivity contribution >= 4 is 15.7 Å². The Balaban J connectivity index is 1.58. The number of nitriles is 1. The van der Waals surface area contributed by atoms with Crippen LogP contribution in [0.4, 0.5) is 0 Å². The van der Waals surface area contributed by atoms with Gasteiger partial charge in [0, 0.05) is 0 Å². The van der Waals surface area contributed by atoms with Crippen LogP contribution in [-0.4, -0.2) is 33.0 Å². The Morgan fingerprint density at radius 1 is 1.10 bits per heavy atom. The molecule has 1 aliphatic heterocycles. The molecule has 2 N–H and O–H groups in total. The van der Waals surface area contributed by atoms with Gasteiger partial charge in [-0.3, -0.25) is 4.79 Å². The molecule has 2 atom stereocenters. The van der Waals surface area contributed by atoms with E-state index in [4.69, 9.17) is 0 Å². The number of sulfone groups is 1. The second-order valence-corrected chi connectivity index (χ2v) is 9.14. The lowest BCUT2D eigenvalue weighted by molar-refractivity contribution is -0.124. The highest BCUT2D eigenvalue weighted by molar-refractivity contribution is 7.91. The average molecular weight is 412 g/mol. The third-order valence-corrected chi connectivity index (χ3v) is 6.89. The zero-order valence-corrected chi connectivity index (χ0v) is 17.0. The lowest BCUT2D eigenvalue weighted by atomic mass is 10.0. The minimum Gasteiger partial charge on any atom is -0.339 e. The number of carbonyl (C=O) groups is 1. The number of nitrogens with one attached hydrogen (secondary N) is 2. The summed E-state index contributed by atoms with van der Waals surface area (Å²) in [6, 6.07) is 16.4. The first-order chi connectivity index (χ1) is 14.0.